The lowest BCUT2D eigenvalue weighted by molar-refractivity contribution is 0.811. The minimum atomic E-state index is -1.05. The molecule has 0 bridgehead atoms. The molecule has 1 heteroatoms. The monoisotopic (exact) mass is 708 g/mol. The molecule has 0 atom stereocenters. The van der Waals surface area contributed by atoms with Gasteiger partial charge >= 0.3 is 0 Å². The number of aryl methyl sites for hydroxylation is 3. The highest BCUT2D eigenvalue weighted by molar-refractivity contribution is 7.80. The maximum atomic E-state index is 2.59. The van der Waals surface area contributed by atoms with Crippen molar-refractivity contribution in [3.8, 4) is 22.3 Å². The molecule has 274 valence electrons. The van der Waals surface area contributed by atoms with E-state index in [1.54, 1.807) is 10.6 Å². The summed E-state index contributed by atoms with van der Waals surface area (Å²) in [5.74, 6) is 2.44. The zero-order chi connectivity index (χ0) is 38.2. The normalized spacial score (nSPS) is 12.2. The van der Waals surface area contributed by atoms with Gasteiger partial charge in [-0.2, -0.15) is 0 Å². The van der Waals surface area contributed by atoms with Gasteiger partial charge in [0, 0.05) is 5.30 Å². The highest BCUT2D eigenvalue weighted by Gasteiger charge is 2.35. The van der Waals surface area contributed by atoms with Crippen LogP contribution in [0.1, 0.15) is 169 Å². The molecular formula is C51H65P. The van der Waals surface area contributed by atoms with Crippen molar-refractivity contribution in [2.75, 3.05) is 0 Å². The number of hydrogen-bond acceptors (Lipinski definition) is 0. The smallest absolute Gasteiger partial charge is 0.000670 e. The Morgan fingerprint density at radius 1 is 0.346 bits per heavy atom. The molecule has 0 saturated carbocycles. The Hall–Kier alpha value is -3.47. The van der Waals surface area contributed by atoms with Crippen LogP contribution in [-0.4, -0.2) is 0 Å². The van der Waals surface area contributed by atoms with Crippen LogP contribution >= 0.6 is 7.92 Å². The van der Waals surface area contributed by atoms with Crippen molar-refractivity contribution in [1.82, 2.24) is 0 Å². The zero-order valence-corrected chi connectivity index (χ0v) is 35.9. The topological polar surface area (TPSA) is 0 Å². The molecule has 0 radical (unpaired) electrons. The zero-order valence-electron chi connectivity index (χ0n) is 35.0. The third kappa shape index (κ3) is 7.90. The maximum absolute atomic E-state index is 2.59. The van der Waals surface area contributed by atoms with E-state index in [4.69, 9.17) is 0 Å². The first-order valence-electron chi connectivity index (χ1n) is 19.9. The van der Waals surface area contributed by atoms with Crippen molar-refractivity contribution in [3.05, 3.63) is 135 Å². The molecule has 0 amide bonds. The number of benzene rings is 5. The molecule has 52 heavy (non-hydrogen) atoms. The lowest BCUT2D eigenvalue weighted by Gasteiger charge is -2.36. The van der Waals surface area contributed by atoms with Crippen LogP contribution in [0.25, 0.3) is 22.3 Å². The van der Waals surface area contributed by atoms with Gasteiger partial charge in [0.15, 0.2) is 0 Å². The van der Waals surface area contributed by atoms with Gasteiger partial charge in [0.25, 0.3) is 0 Å². The van der Waals surface area contributed by atoms with Gasteiger partial charge in [-0.05, 0) is 147 Å². The predicted molar refractivity (Wildman–Crippen MR) is 235 cm³/mol. The van der Waals surface area contributed by atoms with Gasteiger partial charge in [0.05, 0.1) is 0 Å². The van der Waals surface area contributed by atoms with Gasteiger partial charge in [0.1, 0.15) is 0 Å². The van der Waals surface area contributed by atoms with Crippen LogP contribution in [0.3, 0.4) is 0 Å². The second-order valence-electron chi connectivity index (χ2n) is 17.2. The van der Waals surface area contributed by atoms with E-state index in [2.05, 4.69) is 189 Å². The molecule has 0 saturated heterocycles. The fourth-order valence-corrected chi connectivity index (χ4v) is 11.7. The average Bonchev–Trinajstić information content (AvgIpc) is 3.08. The fraction of sp³-hybridized carbons (Fsp3) is 0.412. The molecule has 0 N–H and O–H groups in total. The van der Waals surface area contributed by atoms with Gasteiger partial charge < -0.3 is 0 Å². The Morgan fingerprint density at radius 2 is 0.654 bits per heavy atom. The van der Waals surface area contributed by atoms with E-state index in [1.165, 1.54) is 77.6 Å². The molecule has 0 heterocycles. The first-order valence-corrected chi connectivity index (χ1v) is 21.3. The molecule has 5 aromatic rings. The summed E-state index contributed by atoms with van der Waals surface area (Å²) in [4.78, 5) is 0. The second kappa shape index (κ2) is 16.3. The minimum absolute atomic E-state index is 0.380. The van der Waals surface area contributed by atoms with Crippen LogP contribution in [0.4, 0.5) is 0 Å². The molecule has 0 spiro atoms. The standard InChI is InChI=1S/C51H65P/c1-30(2)39-26-43(32(5)6)49(44(27-39)33(7)8)52(50-45(34(9)10)28-40(31(3)4)29-46(50)35(11)12)51-47(41-22-18-16-20-37(41)14)24-36(13)25-48(51)42-23-19-17-21-38(42)15/h16-35H,1-15H3. The van der Waals surface area contributed by atoms with Crippen molar-refractivity contribution in [3.63, 3.8) is 0 Å². The third-order valence-electron chi connectivity index (χ3n) is 11.0. The van der Waals surface area contributed by atoms with Crippen molar-refractivity contribution >= 4 is 23.8 Å². The molecular weight excluding hydrogens is 644 g/mol. The summed E-state index contributed by atoms with van der Waals surface area (Å²) in [5, 5.41) is 4.67. The van der Waals surface area contributed by atoms with Crippen LogP contribution in [0.5, 0.6) is 0 Å². The number of hydrogen-bond donors (Lipinski definition) is 0. The van der Waals surface area contributed by atoms with E-state index in [9.17, 15) is 0 Å². The molecule has 0 aliphatic carbocycles. The molecule has 0 aliphatic rings. The maximum Gasteiger partial charge on any atom is 0.000670 e. The first-order chi connectivity index (χ1) is 24.5. The Balaban J connectivity index is 2.18. The van der Waals surface area contributed by atoms with E-state index in [0.29, 0.717) is 35.5 Å². The molecule has 0 nitrogen and oxygen atoms in total. The van der Waals surface area contributed by atoms with Gasteiger partial charge in [-0.1, -0.05) is 168 Å². The average molecular weight is 709 g/mol. The Labute approximate surface area is 319 Å². The van der Waals surface area contributed by atoms with Gasteiger partial charge in [-0.15, -0.1) is 0 Å². The van der Waals surface area contributed by atoms with E-state index in [1.807, 2.05) is 0 Å². The summed E-state index contributed by atoms with van der Waals surface area (Å²) < 4.78 is 0. The highest BCUT2D eigenvalue weighted by Crippen LogP contribution is 2.50. The summed E-state index contributed by atoms with van der Waals surface area (Å²) >= 11 is 0. The Bertz CT molecular complexity index is 1830. The summed E-state index contributed by atoms with van der Waals surface area (Å²) in [5.41, 5.74) is 18.4. The highest BCUT2D eigenvalue weighted by atomic mass is 31.1. The quantitative estimate of drug-likeness (QED) is 0.120. The summed E-state index contributed by atoms with van der Waals surface area (Å²) in [6.45, 7) is 35.7. The molecule has 0 unspecified atom stereocenters. The van der Waals surface area contributed by atoms with Crippen molar-refractivity contribution in [1.29, 1.82) is 0 Å². The summed E-state index contributed by atoms with van der Waals surface area (Å²) in [6, 6.07) is 33.6. The van der Waals surface area contributed by atoms with E-state index >= 15 is 0 Å². The van der Waals surface area contributed by atoms with Gasteiger partial charge in [0.2, 0.25) is 0 Å². The van der Waals surface area contributed by atoms with Crippen LogP contribution in [0, 0.1) is 20.8 Å². The fourth-order valence-electron chi connectivity index (χ4n) is 7.87. The van der Waals surface area contributed by atoms with Crippen LogP contribution in [0.2, 0.25) is 0 Å². The number of rotatable bonds is 11. The first kappa shape index (κ1) is 39.7. The third-order valence-corrected chi connectivity index (χ3v) is 13.9. The summed E-state index contributed by atoms with van der Waals surface area (Å²) in [6.07, 6.45) is 0. The molecule has 5 rings (SSSR count). The van der Waals surface area contributed by atoms with E-state index in [-0.39, 0.29) is 0 Å². The second-order valence-corrected chi connectivity index (χ2v) is 19.2. The minimum Gasteiger partial charge on any atom is -0.0620 e. The largest absolute Gasteiger partial charge is 0.0620 e. The van der Waals surface area contributed by atoms with Gasteiger partial charge in [-0.3, -0.25) is 0 Å². The Kier molecular flexibility index (Phi) is 12.4. The SMILES string of the molecule is Cc1cc(-c2ccccc2C)c(P(c2c(C(C)C)cc(C(C)C)cc2C(C)C)c2c(C(C)C)cc(C(C)C)cc2C(C)C)c(-c2ccccc2C)c1. The molecule has 0 fully saturated rings. The van der Waals surface area contributed by atoms with Crippen LogP contribution in [-0.2, 0) is 0 Å². The van der Waals surface area contributed by atoms with Crippen molar-refractivity contribution in [2.24, 2.45) is 0 Å². The van der Waals surface area contributed by atoms with Crippen LogP contribution in [0.15, 0.2) is 84.9 Å². The van der Waals surface area contributed by atoms with Crippen molar-refractivity contribution < 1.29 is 0 Å². The Morgan fingerprint density at radius 3 is 0.923 bits per heavy atom. The molecule has 5 aromatic carbocycles. The lowest BCUT2D eigenvalue weighted by Crippen LogP contribution is -2.34. The predicted octanol–water partition coefficient (Wildman–Crippen LogP) is 14.4. The van der Waals surface area contributed by atoms with Crippen LogP contribution < -0.4 is 15.9 Å². The molecule has 0 aliphatic heterocycles. The van der Waals surface area contributed by atoms with E-state index < -0.39 is 7.92 Å². The van der Waals surface area contributed by atoms with Gasteiger partial charge in [-0.25, -0.2) is 0 Å². The summed E-state index contributed by atoms with van der Waals surface area (Å²) in [7, 11) is -1.05. The lowest BCUT2D eigenvalue weighted by atomic mass is 9.89. The van der Waals surface area contributed by atoms with E-state index in [0.717, 1.165) is 0 Å². The molecule has 0 aromatic heterocycles. The van der Waals surface area contributed by atoms with Crippen molar-refractivity contribution in [2.45, 2.75) is 139 Å².